The van der Waals surface area contributed by atoms with E-state index in [0.717, 1.165) is 36.5 Å². The fourth-order valence-corrected chi connectivity index (χ4v) is 13.2. The van der Waals surface area contributed by atoms with Crippen molar-refractivity contribution >= 4 is 5.97 Å². The maximum Gasteiger partial charge on any atom is 0.306 e. The van der Waals surface area contributed by atoms with Crippen LogP contribution in [-0.4, -0.2) is 12.1 Å². The lowest BCUT2D eigenvalue weighted by Gasteiger charge is -2.71. The average molecular weight is 637 g/mol. The van der Waals surface area contributed by atoms with Gasteiger partial charge in [-0.05, 0) is 115 Å². The number of unbranched alkanes of at least 4 members (excludes halogenated alkanes) is 10. The van der Waals surface area contributed by atoms with Crippen molar-refractivity contribution in [1.82, 2.24) is 0 Å². The number of hydrogen-bond donors (Lipinski definition) is 0. The Hall–Kier alpha value is -0.790. The summed E-state index contributed by atoms with van der Waals surface area (Å²) in [5, 5.41) is 0. The van der Waals surface area contributed by atoms with E-state index < -0.39 is 0 Å². The normalized spacial score (nSPS) is 43.0. The van der Waals surface area contributed by atoms with Gasteiger partial charge in [-0.3, -0.25) is 4.79 Å². The monoisotopic (exact) mass is 637 g/mol. The second-order valence-electron chi connectivity index (χ2n) is 19.4. The molecule has 0 aromatic heterocycles. The van der Waals surface area contributed by atoms with Gasteiger partial charge in [-0.25, -0.2) is 0 Å². The molecule has 0 aromatic rings. The molecule has 5 aliphatic carbocycles. The summed E-state index contributed by atoms with van der Waals surface area (Å²) in [4.78, 5) is 13.1. The number of hydrogen-bond acceptors (Lipinski definition) is 2. The molecular formula is C44H76O2. The van der Waals surface area contributed by atoms with Crippen LogP contribution in [0.25, 0.3) is 0 Å². The van der Waals surface area contributed by atoms with Crippen molar-refractivity contribution in [2.24, 2.45) is 56.7 Å². The minimum atomic E-state index is 0.0322. The van der Waals surface area contributed by atoms with E-state index >= 15 is 0 Å². The van der Waals surface area contributed by atoms with Crippen molar-refractivity contribution in [2.45, 2.75) is 203 Å². The molecule has 46 heavy (non-hydrogen) atoms. The molecular weight excluding hydrogens is 560 g/mol. The first-order valence-electron chi connectivity index (χ1n) is 20.6. The van der Waals surface area contributed by atoms with Crippen LogP contribution in [-0.2, 0) is 9.53 Å². The highest BCUT2D eigenvalue weighted by Crippen LogP contribution is 2.75. The largest absolute Gasteiger partial charge is 0.462 e. The van der Waals surface area contributed by atoms with E-state index in [-0.39, 0.29) is 17.5 Å². The summed E-state index contributed by atoms with van der Waals surface area (Å²) < 4.78 is 6.40. The summed E-state index contributed by atoms with van der Waals surface area (Å²) in [5.74, 6) is 3.81. The molecule has 4 fully saturated rings. The summed E-state index contributed by atoms with van der Waals surface area (Å²) in [7, 11) is 0. The Labute approximate surface area is 286 Å². The van der Waals surface area contributed by atoms with Gasteiger partial charge >= 0.3 is 5.97 Å². The zero-order valence-corrected chi connectivity index (χ0v) is 32.2. The van der Waals surface area contributed by atoms with E-state index in [2.05, 4.69) is 68.4 Å². The Morgan fingerprint density at radius 1 is 0.739 bits per heavy atom. The highest BCUT2D eigenvalue weighted by Gasteiger charge is 2.68. The molecule has 0 radical (unpaired) electrons. The van der Waals surface area contributed by atoms with E-state index in [9.17, 15) is 4.79 Å². The molecule has 10 atom stereocenters. The fraction of sp³-hybridized carbons (Fsp3) is 0.932. The first kappa shape index (κ1) is 36.5. The van der Waals surface area contributed by atoms with Crippen molar-refractivity contribution < 1.29 is 9.53 Å². The molecule has 0 N–H and O–H groups in total. The Balaban J connectivity index is 1.18. The standard InChI is InChI=1S/C44H76O2/c1-10-11-12-13-14-15-16-17-18-19-20-21-38(45)46-37-26-28-42(7)35(40(37,4)5)25-29-44(9)36(42)23-22-34-39-33(3)32(2)24-27-41(39,6)30-31-43(34,44)8/h22,32-33,35-37,39H,10-21,23-31H2,1-9H3/t32-,33+,35+,36-,37+,39-,41-,42+,43-,44-/m1/s1. The molecule has 0 heterocycles. The summed E-state index contributed by atoms with van der Waals surface area (Å²) in [5.41, 5.74) is 3.40. The molecule has 264 valence electrons. The lowest BCUT2D eigenvalue weighted by Crippen LogP contribution is -2.65. The van der Waals surface area contributed by atoms with Gasteiger partial charge in [0.15, 0.2) is 0 Å². The third kappa shape index (κ3) is 6.45. The minimum Gasteiger partial charge on any atom is -0.462 e. The molecule has 0 spiro atoms. The first-order chi connectivity index (χ1) is 21.7. The summed E-state index contributed by atoms with van der Waals surface area (Å²) in [6, 6.07) is 0. The second-order valence-corrected chi connectivity index (χ2v) is 19.4. The lowest BCUT2D eigenvalue weighted by atomic mass is 9.33. The molecule has 2 heteroatoms. The van der Waals surface area contributed by atoms with Gasteiger partial charge in [-0.15, -0.1) is 0 Å². The predicted octanol–water partition coefficient (Wildman–Crippen LogP) is 13.3. The van der Waals surface area contributed by atoms with E-state index in [1.54, 1.807) is 0 Å². The molecule has 5 aliphatic rings. The van der Waals surface area contributed by atoms with E-state index in [4.69, 9.17) is 4.74 Å². The van der Waals surface area contributed by atoms with Gasteiger partial charge in [0.1, 0.15) is 6.10 Å². The number of rotatable bonds is 13. The van der Waals surface area contributed by atoms with Crippen LogP contribution in [0.3, 0.4) is 0 Å². The van der Waals surface area contributed by atoms with Gasteiger partial charge < -0.3 is 4.74 Å². The van der Waals surface area contributed by atoms with Gasteiger partial charge in [0.25, 0.3) is 0 Å². The Morgan fingerprint density at radius 3 is 2.02 bits per heavy atom. The number of carbonyl (C=O) groups excluding carboxylic acids is 1. The highest BCUT2D eigenvalue weighted by atomic mass is 16.5. The molecule has 0 unspecified atom stereocenters. The molecule has 5 rings (SSSR count). The fourth-order valence-electron chi connectivity index (χ4n) is 13.2. The number of fused-ring (bicyclic) bond motifs is 7. The van der Waals surface area contributed by atoms with E-state index in [1.165, 1.54) is 116 Å². The molecule has 4 saturated carbocycles. The van der Waals surface area contributed by atoms with Crippen molar-refractivity contribution in [1.29, 1.82) is 0 Å². The molecule has 2 nitrogen and oxygen atoms in total. The van der Waals surface area contributed by atoms with Crippen molar-refractivity contribution in [2.75, 3.05) is 0 Å². The van der Waals surface area contributed by atoms with Gasteiger partial charge in [0.2, 0.25) is 0 Å². The van der Waals surface area contributed by atoms with Crippen LogP contribution < -0.4 is 0 Å². The predicted molar refractivity (Wildman–Crippen MR) is 196 cm³/mol. The zero-order chi connectivity index (χ0) is 33.4. The zero-order valence-electron chi connectivity index (χ0n) is 32.2. The maximum atomic E-state index is 13.1. The topological polar surface area (TPSA) is 26.3 Å². The van der Waals surface area contributed by atoms with Gasteiger partial charge in [-0.1, -0.05) is 138 Å². The molecule has 0 bridgehead atoms. The van der Waals surface area contributed by atoms with Crippen LogP contribution in [0, 0.1) is 56.7 Å². The molecule has 0 saturated heterocycles. The van der Waals surface area contributed by atoms with Crippen LogP contribution in [0.5, 0.6) is 0 Å². The van der Waals surface area contributed by atoms with E-state index in [1.807, 2.05) is 5.57 Å². The van der Waals surface area contributed by atoms with Crippen molar-refractivity contribution in [3.8, 4) is 0 Å². The number of ether oxygens (including phenoxy) is 1. The van der Waals surface area contributed by atoms with Crippen LogP contribution in [0.15, 0.2) is 11.6 Å². The SMILES string of the molecule is CCCCCCCCCCCCCC(=O)O[C@H]1CC[C@]2(C)[C@H]3CC=C4[C@H]5[C@@H](C)[C@H](C)CC[C@]5(C)CC[C@@]4(C)[C@]3(C)CC[C@H]2C1(C)C. The molecule has 0 amide bonds. The maximum absolute atomic E-state index is 13.1. The van der Waals surface area contributed by atoms with Crippen LogP contribution in [0.4, 0.5) is 0 Å². The van der Waals surface area contributed by atoms with Crippen LogP contribution in [0.2, 0.25) is 0 Å². The van der Waals surface area contributed by atoms with Crippen molar-refractivity contribution in [3.05, 3.63) is 11.6 Å². The Kier molecular flexibility index (Phi) is 11.3. The number of esters is 1. The Morgan fingerprint density at radius 2 is 1.37 bits per heavy atom. The third-order valence-corrected chi connectivity index (χ3v) is 16.6. The highest BCUT2D eigenvalue weighted by molar-refractivity contribution is 5.69. The summed E-state index contributed by atoms with van der Waals surface area (Å²) >= 11 is 0. The van der Waals surface area contributed by atoms with Crippen molar-refractivity contribution in [3.63, 3.8) is 0 Å². The van der Waals surface area contributed by atoms with Gasteiger partial charge in [-0.2, -0.15) is 0 Å². The smallest absolute Gasteiger partial charge is 0.306 e. The van der Waals surface area contributed by atoms with E-state index in [0.29, 0.717) is 34.0 Å². The average Bonchev–Trinajstić information content (AvgIpc) is 3.00. The number of allylic oxidation sites excluding steroid dienone is 2. The third-order valence-electron chi connectivity index (χ3n) is 16.6. The summed E-state index contributed by atoms with van der Waals surface area (Å²) in [6.07, 6.45) is 29.7. The van der Waals surface area contributed by atoms with Gasteiger partial charge in [0, 0.05) is 11.8 Å². The molecule has 0 aliphatic heterocycles. The summed E-state index contributed by atoms with van der Waals surface area (Å²) in [6.45, 7) is 23.1. The lowest BCUT2D eigenvalue weighted by molar-refractivity contribution is -0.213. The molecule has 0 aromatic carbocycles. The van der Waals surface area contributed by atoms with Gasteiger partial charge in [0.05, 0.1) is 0 Å². The minimum absolute atomic E-state index is 0.0322. The second kappa shape index (κ2) is 14.2. The first-order valence-corrected chi connectivity index (χ1v) is 20.6. The number of carbonyl (C=O) groups is 1. The quantitative estimate of drug-likeness (QED) is 0.114. The van der Waals surface area contributed by atoms with Crippen LogP contribution >= 0.6 is 0 Å². The van der Waals surface area contributed by atoms with Crippen LogP contribution in [0.1, 0.15) is 197 Å². The Bertz CT molecular complexity index is 1070.